The van der Waals surface area contributed by atoms with Gasteiger partial charge in [-0.05, 0) is 19.1 Å². The van der Waals surface area contributed by atoms with Crippen molar-refractivity contribution in [2.24, 2.45) is 12.1 Å². The Morgan fingerprint density at radius 2 is 2.04 bits per heavy atom. The molecule has 0 fully saturated rings. The monoisotopic (exact) mass is 341 g/mol. The van der Waals surface area contributed by atoms with E-state index in [0.717, 1.165) is 11.3 Å². The van der Waals surface area contributed by atoms with Crippen molar-refractivity contribution in [2.75, 3.05) is 5.01 Å². The van der Waals surface area contributed by atoms with Gasteiger partial charge in [0.2, 0.25) is 5.91 Å². The minimum Gasteiger partial charge on any atom is -0.477 e. The Morgan fingerprint density at radius 3 is 2.64 bits per heavy atom. The number of hydrazone groups is 1. The molecule has 0 saturated heterocycles. The first-order valence-electron chi connectivity index (χ1n) is 7.87. The molecule has 2 N–H and O–H groups in total. The molecular weight excluding hydrogens is 322 g/mol. The standard InChI is InChI=1S/C17H19N5O3/c1-11-12(10-19-21(11)2)9-18-16(23)15-8-14(17(24)25)20-22(15)13-6-4-3-5-7-13/h3-7,10,15H,8-9H2,1-2H3,(H,18,23)(H,24,25)/t15-/m0/s1. The maximum atomic E-state index is 12.6. The average molecular weight is 341 g/mol. The predicted molar refractivity (Wildman–Crippen MR) is 92.2 cm³/mol. The van der Waals surface area contributed by atoms with Crippen LogP contribution in [-0.2, 0) is 23.2 Å². The summed E-state index contributed by atoms with van der Waals surface area (Å²) in [5, 5.41) is 21.8. The van der Waals surface area contributed by atoms with E-state index in [-0.39, 0.29) is 18.0 Å². The smallest absolute Gasteiger partial charge is 0.352 e. The number of aryl methyl sites for hydroxylation is 1. The van der Waals surface area contributed by atoms with Gasteiger partial charge in [-0.15, -0.1) is 0 Å². The van der Waals surface area contributed by atoms with E-state index >= 15 is 0 Å². The molecule has 0 bridgehead atoms. The van der Waals surface area contributed by atoms with Gasteiger partial charge in [0.25, 0.3) is 0 Å². The van der Waals surface area contributed by atoms with Gasteiger partial charge in [0.05, 0.1) is 11.9 Å². The second kappa shape index (κ2) is 6.76. The van der Waals surface area contributed by atoms with Crippen molar-refractivity contribution in [3.8, 4) is 0 Å². The molecule has 1 aromatic heterocycles. The van der Waals surface area contributed by atoms with Gasteiger partial charge in [0, 0.05) is 31.3 Å². The lowest BCUT2D eigenvalue weighted by atomic mass is 10.1. The second-order valence-corrected chi connectivity index (χ2v) is 5.85. The summed E-state index contributed by atoms with van der Waals surface area (Å²) in [4.78, 5) is 23.9. The maximum Gasteiger partial charge on any atom is 0.352 e. The van der Waals surface area contributed by atoms with Gasteiger partial charge in [-0.3, -0.25) is 14.5 Å². The number of aromatic nitrogens is 2. The van der Waals surface area contributed by atoms with Gasteiger partial charge in [0.1, 0.15) is 11.8 Å². The lowest BCUT2D eigenvalue weighted by Crippen LogP contribution is -2.42. The zero-order valence-corrected chi connectivity index (χ0v) is 14.0. The van der Waals surface area contributed by atoms with Crippen LogP contribution in [0.2, 0.25) is 0 Å². The van der Waals surface area contributed by atoms with Crippen LogP contribution in [0.5, 0.6) is 0 Å². The molecule has 8 heteroatoms. The van der Waals surface area contributed by atoms with Crippen molar-refractivity contribution in [1.29, 1.82) is 0 Å². The summed E-state index contributed by atoms with van der Waals surface area (Å²) in [7, 11) is 1.84. The van der Waals surface area contributed by atoms with Gasteiger partial charge in [-0.25, -0.2) is 4.79 Å². The summed E-state index contributed by atoms with van der Waals surface area (Å²) in [5.41, 5.74) is 2.53. The summed E-state index contributed by atoms with van der Waals surface area (Å²) in [6.07, 6.45) is 1.76. The molecule has 0 radical (unpaired) electrons. The third-order valence-corrected chi connectivity index (χ3v) is 4.27. The highest BCUT2D eigenvalue weighted by Crippen LogP contribution is 2.24. The van der Waals surface area contributed by atoms with E-state index in [9.17, 15) is 14.7 Å². The third-order valence-electron chi connectivity index (χ3n) is 4.27. The first-order valence-corrected chi connectivity index (χ1v) is 7.87. The first-order chi connectivity index (χ1) is 12.0. The highest BCUT2D eigenvalue weighted by Gasteiger charge is 2.36. The Hall–Kier alpha value is -3.16. The highest BCUT2D eigenvalue weighted by atomic mass is 16.4. The number of nitrogens with one attached hydrogen (secondary N) is 1. The van der Waals surface area contributed by atoms with E-state index in [1.165, 1.54) is 5.01 Å². The topological polar surface area (TPSA) is 99.8 Å². The number of carbonyl (C=O) groups excluding carboxylic acids is 1. The van der Waals surface area contributed by atoms with Gasteiger partial charge in [-0.1, -0.05) is 18.2 Å². The number of nitrogens with zero attached hydrogens (tertiary/aromatic N) is 4. The quantitative estimate of drug-likeness (QED) is 0.847. The molecule has 130 valence electrons. The first kappa shape index (κ1) is 16.7. The summed E-state index contributed by atoms with van der Waals surface area (Å²) >= 11 is 0. The fourth-order valence-corrected chi connectivity index (χ4v) is 2.68. The lowest BCUT2D eigenvalue weighted by molar-refractivity contribution is -0.129. The Bertz CT molecular complexity index is 828. The Morgan fingerprint density at radius 1 is 1.32 bits per heavy atom. The molecule has 1 aliphatic heterocycles. The molecule has 1 aromatic carbocycles. The number of para-hydroxylation sites is 1. The number of benzene rings is 1. The third kappa shape index (κ3) is 3.37. The Kier molecular flexibility index (Phi) is 4.51. The van der Waals surface area contributed by atoms with E-state index in [0.29, 0.717) is 12.2 Å². The fourth-order valence-electron chi connectivity index (χ4n) is 2.68. The van der Waals surface area contributed by atoms with Crippen molar-refractivity contribution in [1.82, 2.24) is 15.1 Å². The zero-order valence-electron chi connectivity index (χ0n) is 14.0. The largest absolute Gasteiger partial charge is 0.477 e. The van der Waals surface area contributed by atoms with E-state index < -0.39 is 12.0 Å². The zero-order chi connectivity index (χ0) is 18.0. The molecule has 1 aliphatic rings. The molecule has 1 atom stereocenters. The molecule has 0 unspecified atom stereocenters. The van der Waals surface area contributed by atoms with E-state index in [2.05, 4.69) is 15.5 Å². The minimum atomic E-state index is -1.11. The number of carbonyl (C=O) groups is 2. The SMILES string of the molecule is Cc1c(CNC(=O)[C@@H]2CC(C(=O)O)=NN2c2ccccc2)cnn1C. The van der Waals surface area contributed by atoms with Crippen molar-refractivity contribution in [3.63, 3.8) is 0 Å². The van der Waals surface area contributed by atoms with E-state index in [4.69, 9.17) is 0 Å². The minimum absolute atomic E-state index is 0.0263. The number of hydrogen-bond acceptors (Lipinski definition) is 5. The Labute approximate surface area is 144 Å². The summed E-state index contributed by atoms with van der Waals surface area (Å²) in [6.45, 7) is 2.26. The summed E-state index contributed by atoms with van der Waals surface area (Å²) < 4.78 is 1.74. The molecule has 3 rings (SSSR count). The Balaban J connectivity index is 1.76. The number of amides is 1. The van der Waals surface area contributed by atoms with E-state index in [1.807, 2.05) is 32.2 Å². The van der Waals surface area contributed by atoms with Crippen molar-refractivity contribution in [3.05, 3.63) is 47.8 Å². The molecule has 8 nitrogen and oxygen atoms in total. The molecule has 25 heavy (non-hydrogen) atoms. The van der Waals surface area contributed by atoms with Crippen molar-refractivity contribution < 1.29 is 14.7 Å². The summed E-state index contributed by atoms with van der Waals surface area (Å²) in [6, 6.07) is 8.38. The van der Waals surface area contributed by atoms with Crippen LogP contribution in [0.25, 0.3) is 0 Å². The van der Waals surface area contributed by atoms with Gasteiger partial charge in [-0.2, -0.15) is 10.2 Å². The number of rotatable bonds is 5. The molecule has 0 aliphatic carbocycles. The van der Waals surface area contributed by atoms with Crippen LogP contribution in [0.1, 0.15) is 17.7 Å². The van der Waals surface area contributed by atoms with Crippen molar-refractivity contribution in [2.45, 2.75) is 25.9 Å². The maximum absolute atomic E-state index is 12.6. The lowest BCUT2D eigenvalue weighted by Gasteiger charge is -2.22. The van der Waals surface area contributed by atoms with Crippen LogP contribution in [0.4, 0.5) is 5.69 Å². The molecule has 0 spiro atoms. The van der Waals surface area contributed by atoms with Crippen LogP contribution >= 0.6 is 0 Å². The average Bonchev–Trinajstić information content (AvgIpc) is 3.19. The van der Waals surface area contributed by atoms with Gasteiger partial charge >= 0.3 is 5.97 Å². The number of hydrogen-bond donors (Lipinski definition) is 2. The molecule has 0 saturated carbocycles. The predicted octanol–water partition coefficient (Wildman–Crippen LogP) is 1.06. The van der Waals surface area contributed by atoms with Crippen LogP contribution in [0.15, 0.2) is 41.6 Å². The van der Waals surface area contributed by atoms with Crippen LogP contribution < -0.4 is 10.3 Å². The molecule has 2 heterocycles. The van der Waals surface area contributed by atoms with Crippen LogP contribution in [0.3, 0.4) is 0 Å². The number of anilines is 1. The molecule has 2 aromatic rings. The van der Waals surface area contributed by atoms with Crippen LogP contribution in [-0.4, -0.2) is 38.5 Å². The van der Waals surface area contributed by atoms with E-state index in [1.54, 1.807) is 23.0 Å². The summed E-state index contributed by atoms with van der Waals surface area (Å²) in [5.74, 6) is -1.38. The van der Waals surface area contributed by atoms with Gasteiger partial charge < -0.3 is 10.4 Å². The second-order valence-electron chi connectivity index (χ2n) is 5.85. The molecule has 1 amide bonds. The number of carboxylic acid groups (broad SMARTS) is 1. The normalized spacial score (nSPS) is 16.6. The molecular formula is C17H19N5O3. The van der Waals surface area contributed by atoms with Crippen LogP contribution in [0, 0.1) is 6.92 Å². The number of carboxylic acids is 1. The van der Waals surface area contributed by atoms with Crippen molar-refractivity contribution >= 4 is 23.3 Å². The highest BCUT2D eigenvalue weighted by molar-refractivity contribution is 6.37. The van der Waals surface area contributed by atoms with Gasteiger partial charge in [0.15, 0.2) is 0 Å². The number of aliphatic carboxylic acids is 1. The fraction of sp³-hybridized carbons (Fsp3) is 0.294.